The van der Waals surface area contributed by atoms with Crippen molar-refractivity contribution in [3.8, 4) is 17.6 Å². The van der Waals surface area contributed by atoms with Gasteiger partial charge in [-0.25, -0.2) is 0 Å². The van der Waals surface area contributed by atoms with Crippen molar-refractivity contribution in [1.29, 1.82) is 5.26 Å². The third kappa shape index (κ3) is 4.81. The number of ether oxygens (including phenoxy) is 1. The number of aliphatic hydroxyl groups excluding tert-OH is 1. The topological polar surface area (TPSA) is 90.5 Å². The number of phenolic OH excluding ortho intramolecular Hbond substituents is 1. The van der Waals surface area contributed by atoms with Crippen LogP contribution in [0.2, 0.25) is 0 Å². The monoisotopic (exact) mass is 387 g/mol. The summed E-state index contributed by atoms with van der Waals surface area (Å²) in [4.78, 5) is 11.7. The fourth-order valence-corrected chi connectivity index (χ4v) is 2.96. The Bertz CT molecular complexity index is 1050. The summed E-state index contributed by atoms with van der Waals surface area (Å²) < 4.78 is 5.69. The Morgan fingerprint density at radius 3 is 2.48 bits per heavy atom. The van der Waals surface area contributed by atoms with Crippen molar-refractivity contribution >= 4 is 5.78 Å². The molecule has 146 valence electrons. The Morgan fingerprint density at radius 2 is 1.83 bits per heavy atom. The highest BCUT2D eigenvalue weighted by atomic mass is 16.5. The predicted molar refractivity (Wildman–Crippen MR) is 109 cm³/mol. The molecule has 0 spiro atoms. The maximum absolute atomic E-state index is 11.7. The van der Waals surface area contributed by atoms with E-state index in [1.54, 1.807) is 43.3 Å². The molecule has 0 aliphatic heterocycles. The Balaban J connectivity index is 1.66. The first kappa shape index (κ1) is 20.1. The number of phenols is 1. The fourth-order valence-electron chi connectivity index (χ4n) is 2.96. The quantitative estimate of drug-likeness (QED) is 0.582. The number of aliphatic hydroxyl groups is 1. The molecule has 0 saturated carbocycles. The summed E-state index contributed by atoms with van der Waals surface area (Å²) in [5.41, 5.74) is 3.05. The number of nitrogens with zero attached hydrogens (tertiary/aromatic N) is 1. The van der Waals surface area contributed by atoms with Gasteiger partial charge in [-0.2, -0.15) is 5.26 Å². The van der Waals surface area contributed by atoms with Crippen LogP contribution < -0.4 is 4.74 Å². The minimum atomic E-state index is -0.820. The first-order valence-corrected chi connectivity index (χ1v) is 9.27. The van der Waals surface area contributed by atoms with Gasteiger partial charge in [0.25, 0.3) is 0 Å². The molecule has 0 radical (unpaired) electrons. The van der Waals surface area contributed by atoms with Crippen molar-refractivity contribution in [2.75, 3.05) is 0 Å². The Labute approximate surface area is 169 Å². The zero-order valence-corrected chi connectivity index (χ0v) is 16.0. The third-order valence-corrected chi connectivity index (χ3v) is 4.62. The number of carbonyl (C=O) groups is 1. The van der Waals surface area contributed by atoms with Crippen LogP contribution in [0, 0.1) is 11.3 Å². The molecule has 5 heteroatoms. The summed E-state index contributed by atoms with van der Waals surface area (Å²) >= 11 is 0. The van der Waals surface area contributed by atoms with Gasteiger partial charge < -0.3 is 14.9 Å². The summed E-state index contributed by atoms with van der Waals surface area (Å²) in [6.07, 6.45) is -0.494. The van der Waals surface area contributed by atoms with Crippen molar-refractivity contribution < 1.29 is 19.7 Å². The third-order valence-electron chi connectivity index (χ3n) is 4.62. The molecule has 0 fully saturated rings. The number of rotatable bonds is 7. The Kier molecular flexibility index (Phi) is 6.28. The standard InChI is InChI=1S/C24H21NO4/c1-2-22(26)21-11-10-20(13-23(21)27)29-15-16-6-8-18(9-7-16)24(28)19-5-3-4-17(12-19)14-25/h3-13,24,27-28H,2,15H2,1H3. The SMILES string of the molecule is CCC(=O)c1ccc(OCc2ccc(C(O)c3cccc(C#N)c3)cc2)cc1O. The van der Waals surface area contributed by atoms with Crippen LogP contribution in [0.25, 0.3) is 0 Å². The molecule has 2 N–H and O–H groups in total. The van der Waals surface area contributed by atoms with Gasteiger partial charge in [-0.05, 0) is 41.0 Å². The molecule has 0 aromatic heterocycles. The zero-order valence-electron chi connectivity index (χ0n) is 16.0. The smallest absolute Gasteiger partial charge is 0.166 e. The van der Waals surface area contributed by atoms with E-state index in [0.717, 1.165) is 5.56 Å². The molecule has 5 nitrogen and oxygen atoms in total. The van der Waals surface area contributed by atoms with Crippen molar-refractivity contribution in [3.63, 3.8) is 0 Å². The Hall–Kier alpha value is -3.62. The summed E-state index contributed by atoms with van der Waals surface area (Å²) in [6.45, 7) is 2.02. The number of carbonyl (C=O) groups excluding carboxylic acids is 1. The van der Waals surface area contributed by atoms with Gasteiger partial charge in [-0.3, -0.25) is 4.79 Å². The number of aromatic hydroxyl groups is 1. The summed E-state index contributed by atoms with van der Waals surface area (Å²) in [7, 11) is 0. The van der Waals surface area contributed by atoms with E-state index in [4.69, 9.17) is 10.00 Å². The van der Waals surface area contributed by atoms with Gasteiger partial charge >= 0.3 is 0 Å². The van der Waals surface area contributed by atoms with Crippen LogP contribution in [0.5, 0.6) is 11.5 Å². The molecule has 1 atom stereocenters. The Morgan fingerprint density at radius 1 is 1.07 bits per heavy atom. The number of ketones is 1. The molecule has 1 unspecified atom stereocenters. The lowest BCUT2D eigenvalue weighted by Gasteiger charge is -2.13. The van der Waals surface area contributed by atoms with Crippen molar-refractivity contribution in [2.45, 2.75) is 26.1 Å². The number of nitriles is 1. The van der Waals surface area contributed by atoms with Crippen LogP contribution in [0.15, 0.2) is 66.7 Å². The number of hydrogen-bond donors (Lipinski definition) is 2. The molecule has 0 aliphatic carbocycles. The number of hydrogen-bond acceptors (Lipinski definition) is 5. The molecular weight excluding hydrogens is 366 g/mol. The molecule has 0 bridgehead atoms. The second-order valence-corrected chi connectivity index (χ2v) is 6.63. The van der Waals surface area contributed by atoms with Gasteiger partial charge in [0.15, 0.2) is 5.78 Å². The van der Waals surface area contributed by atoms with Crippen LogP contribution >= 0.6 is 0 Å². The number of benzene rings is 3. The van der Waals surface area contributed by atoms with Crippen molar-refractivity contribution in [2.24, 2.45) is 0 Å². The van der Waals surface area contributed by atoms with E-state index in [1.165, 1.54) is 6.07 Å². The van der Waals surface area contributed by atoms with E-state index in [1.807, 2.05) is 24.3 Å². The molecule has 3 rings (SSSR count). The van der Waals surface area contributed by atoms with E-state index in [0.29, 0.717) is 34.4 Å². The molecular formula is C24H21NO4. The highest BCUT2D eigenvalue weighted by Gasteiger charge is 2.12. The van der Waals surface area contributed by atoms with Gasteiger partial charge in [0.05, 0.1) is 17.2 Å². The molecule has 0 heterocycles. The molecule has 3 aromatic rings. The lowest BCUT2D eigenvalue weighted by atomic mass is 9.99. The summed E-state index contributed by atoms with van der Waals surface area (Å²) in [6, 6.07) is 20.9. The van der Waals surface area contributed by atoms with E-state index >= 15 is 0 Å². The highest BCUT2D eigenvalue weighted by molar-refractivity contribution is 5.98. The molecule has 29 heavy (non-hydrogen) atoms. The largest absolute Gasteiger partial charge is 0.507 e. The number of Topliss-reactive ketones (excluding diaryl/α,β-unsaturated/α-hetero) is 1. The van der Waals surface area contributed by atoms with Crippen LogP contribution in [0.1, 0.15) is 52.1 Å². The molecule has 0 amide bonds. The van der Waals surface area contributed by atoms with E-state index in [9.17, 15) is 15.0 Å². The summed E-state index contributed by atoms with van der Waals surface area (Å²) in [5, 5.41) is 29.5. The van der Waals surface area contributed by atoms with Crippen molar-refractivity contribution in [1.82, 2.24) is 0 Å². The maximum atomic E-state index is 11.7. The molecule has 3 aromatic carbocycles. The molecule has 0 saturated heterocycles. The van der Waals surface area contributed by atoms with E-state index in [2.05, 4.69) is 6.07 Å². The van der Waals surface area contributed by atoms with Crippen LogP contribution in [0.3, 0.4) is 0 Å². The minimum absolute atomic E-state index is 0.0904. The second-order valence-electron chi connectivity index (χ2n) is 6.63. The fraction of sp³-hybridized carbons (Fsp3) is 0.167. The summed E-state index contributed by atoms with van der Waals surface area (Å²) in [5.74, 6) is 0.253. The maximum Gasteiger partial charge on any atom is 0.166 e. The average Bonchev–Trinajstić information content (AvgIpc) is 2.77. The van der Waals surface area contributed by atoms with Crippen LogP contribution in [-0.4, -0.2) is 16.0 Å². The normalized spacial score (nSPS) is 11.5. The minimum Gasteiger partial charge on any atom is -0.507 e. The highest BCUT2D eigenvalue weighted by Crippen LogP contribution is 2.26. The first-order chi connectivity index (χ1) is 14.0. The van der Waals surface area contributed by atoms with Gasteiger partial charge in [-0.15, -0.1) is 0 Å². The predicted octanol–water partition coefficient (Wildman–Crippen LogP) is 4.52. The zero-order chi connectivity index (χ0) is 20.8. The van der Waals surface area contributed by atoms with E-state index in [-0.39, 0.29) is 18.1 Å². The average molecular weight is 387 g/mol. The molecule has 0 aliphatic rings. The van der Waals surface area contributed by atoms with Gasteiger partial charge in [-0.1, -0.05) is 43.3 Å². The van der Waals surface area contributed by atoms with Crippen LogP contribution in [-0.2, 0) is 6.61 Å². The van der Waals surface area contributed by atoms with Gasteiger partial charge in [0.1, 0.15) is 24.2 Å². The van der Waals surface area contributed by atoms with Gasteiger partial charge in [0, 0.05) is 12.5 Å². The lowest BCUT2D eigenvalue weighted by Crippen LogP contribution is -2.02. The lowest BCUT2D eigenvalue weighted by molar-refractivity contribution is 0.0985. The van der Waals surface area contributed by atoms with Crippen molar-refractivity contribution in [3.05, 3.63) is 94.5 Å². The van der Waals surface area contributed by atoms with Gasteiger partial charge in [0.2, 0.25) is 0 Å². The van der Waals surface area contributed by atoms with E-state index < -0.39 is 6.10 Å². The first-order valence-electron chi connectivity index (χ1n) is 9.27. The second kappa shape index (κ2) is 9.05. The van der Waals surface area contributed by atoms with Crippen LogP contribution in [0.4, 0.5) is 0 Å².